The number of hydrogen-bond acceptors (Lipinski definition) is 6. The van der Waals surface area contributed by atoms with Crippen LogP contribution in [-0.4, -0.2) is 11.2 Å². The van der Waals surface area contributed by atoms with Crippen LogP contribution in [0.1, 0.15) is 11.1 Å². The Balaban J connectivity index is 1.59. The summed E-state index contributed by atoms with van der Waals surface area (Å²) in [5, 5.41) is 7.67. The van der Waals surface area contributed by atoms with Gasteiger partial charge in [-0.05, 0) is 41.5 Å². The molecule has 0 spiro atoms. The maximum atomic E-state index is 6.27. The lowest BCUT2D eigenvalue weighted by atomic mass is 10.2. The lowest BCUT2D eigenvalue weighted by molar-refractivity contribution is 0.306. The van der Waals surface area contributed by atoms with E-state index in [9.17, 15) is 0 Å². The minimum absolute atomic E-state index is 0.414. The predicted octanol–water partition coefficient (Wildman–Crippen LogP) is 5.06. The summed E-state index contributed by atoms with van der Waals surface area (Å²) >= 11 is 13.5. The van der Waals surface area contributed by atoms with Gasteiger partial charge in [-0.25, -0.2) is 4.98 Å². The van der Waals surface area contributed by atoms with Gasteiger partial charge in [0.05, 0.1) is 11.2 Å². The fourth-order valence-electron chi connectivity index (χ4n) is 1.96. The topological polar surface area (TPSA) is 72.5 Å². The van der Waals surface area contributed by atoms with Crippen LogP contribution >= 0.6 is 34.5 Å². The summed E-state index contributed by atoms with van der Waals surface area (Å²) in [6.45, 7) is 0.414. The van der Waals surface area contributed by atoms with Crippen molar-refractivity contribution in [2.45, 2.75) is 6.61 Å². The minimum Gasteiger partial charge on any atom is -0.487 e. The van der Waals surface area contributed by atoms with Gasteiger partial charge in [0, 0.05) is 10.4 Å². The number of nitrogens with one attached hydrogen (secondary N) is 1. The number of nitrogens with two attached hydrogens (primary N) is 1. The zero-order chi connectivity index (χ0) is 17.6. The second-order valence-corrected chi connectivity index (χ2v) is 6.75. The SMILES string of the molecule is Nc1csc(NN=Cc2ccc(OCc3ccc(Cl)cc3)c(Cl)c2)n1. The average Bonchev–Trinajstić information content (AvgIpc) is 3.01. The van der Waals surface area contributed by atoms with Crippen molar-refractivity contribution in [3.8, 4) is 5.75 Å². The Morgan fingerprint density at radius 1 is 1.20 bits per heavy atom. The van der Waals surface area contributed by atoms with Gasteiger partial charge in [0.1, 0.15) is 18.2 Å². The van der Waals surface area contributed by atoms with Gasteiger partial charge in [0.2, 0.25) is 5.13 Å². The molecule has 0 aliphatic rings. The van der Waals surface area contributed by atoms with Crippen molar-refractivity contribution in [3.05, 3.63) is 69.0 Å². The number of nitrogen functional groups attached to an aromatic ring is 1. The average molecular weight is 393 g/mol. The van der Waals surface area contributed by atoms with E-state index in [0.717, 1.165) is 11.1 Å². The smallest absolute Gasteiger partial charge is 0.205 e. The Morgan fingerprint density at radius 3 is 2.68 bits per heavy atom. The summed E-state index contributed by atoms with van der Waals surface area (Å²) in [4.78, 5) is 4.05. The summed E-state index contributed by atoms with van der Waals surface area (Å²) in [6.07, 6.45) is 1.65. The van der Waals surface area contributed by atoms with Gasteiger partial charge in [0.25, 0.3) is 0 Å². The molecule has 0 saturated carbocycles. The molecule has 0 amide bonds. The number of hydrazone groups is 1. The largest absolute Gasteiger partial charge is 0.487 e. The van der Waals surface area contributed by atoms with E-state index in [1.165, 1.54) is 11.3 Å². The molecule has 3 N–H and O–H groups in total. The van der Waals surface area contributed by atoms with Crippen molar-refractivity contribution < 1.29 is 4.74 Å². The van der Waals surface area contributed by atoms with Crippen molar-refractivity contribution in [2.24, 2.45) is 5.10 Å². The number of nitrogens with zero attached hydrogens (tertiary/aromatic N) is 2. The van der Waals surface area contributed by atoms with Gasteiger partial charge in [-0.15, -0.1) is 11.3 Å². The molecule has 0 aliphatic heterocycles. The molecule has 3 rings (SSSR count). The van der Waals surface area contributed by atoms with E-state index in [0.29, 0.717) is 33.4 Å². The molecule has 3 aromatic rings. The number of halogens is 2. The minimum atomic E-state index is 0.414. The maximum absolute atomic E-state index is 6.27. The molecule has 5 nitrogen and oxygen atoms in total. The van der Waals surface area contributed by atoms with Crippen LogP contribution in [0.25, 0.3) is 0 Å². The lowest BCUT2D eigenvalue weighted by Crippen LogP contribution is -1.96. The lowest BCUT2D eigenvalue weighted by Gasteiger charge is -2.08. The van der Waals surface area contributed by atoms with E-state index < -0.39 is 0 Å². The normalized spacial score (nSPS) is 11.0. The van der Waals surface area contributed by atoms with Crippen molar-refractivity contribution in [1.82, 2.24) is 4.98 Å². The molecule has 0 aliphatic carbocycles. The fraction of sp³-hybridized carbons (Fsp3) is 0.0588. The van der Waals surface area contributed by atoms with E-state index in [1.54, 1.807) is 23.7 Å². The monoisotopic (exact) mass is 392 g/mol. The maximum Gasteiger partial charge on any atom is 0.205 e. The molecule has 2 aromatic carbocycles. The number of aromatic nitrogens is 1. The molecule has 25 heavy (non-hydrogen) atoms. The number of thiazole rings is 1. The molecule has 128 valence electrons. The highest BCUT2D eigenvalue weighted by molar-refractivity contribution is 7.14. The summed E-state index contributed by atoms with van der Waals surface area (Å²) in [5.41, 5.74) is 10.2. The summed E-state index contributed by atoms with van der Waals surface area (Å²) in [6, 6.07) is 12.9. The van der Waals surface area contributed by atoms with Gasteiger partial charge in [0.15, 0.2) is 0 Å². The molecule has 0 fully saturated rings. The van der Waals surface area contributed by atoms with Crippen molar-refractivity contribution in [1.29, 1.82) is 0 Å². The van der Waals surface area contributed by atoms with Crippen LogP contribution in [0.5, 0.6) is 5.75 Å². The Hall–Kier alpha value is -2.28. The molecule has 0 atom stereocenters. The first-order chi connectivity index (χ1) is 12.1. The zero-order valence-corrected chi connectivity index (χ0v) is 15.3. The molecule has 1 aromatic heterocycles. The Bertz CT molecular complexity index is 881. The molecular formula is C17H14Cl2N4OS. The second kappa shape index (κ2) is 8.20. The molecule has 8 heteroatoms. The number of anilines is 2. The number of rotatable bonds is 6. The summed E-state index contributed by atoms with van der Waals surface area (Å²) < 4.78 is 5.74. The molecular weight excluding hydrogens is 379 g/mol. The van der Waals surface area contributed by atoms with E-state index in [1.807, 2.05) is 30.3 Å². The van der Waals surface area contributed by atoms with Crippen molar-refractivity contribution >= 4 is 51.7 Å². The van der Waals surface area contributed by atoms with Crippen LogP contribution < -0.4 is 15.9 Å². The van der Waals surface area contributed by atoms with Crippen LogP contribution in [-0.2, 0) is 6.61 Å². The van der Waals surface area contributed by atoms with Gasteiger partial charge in [-0.1, -0.05) is 35.3 Å². The molecule has 1 heterocycles. The predicted molar refractivity (Wildman–Crippen MR) is 105 cm³/mol. The first-order valence-electron chi connectivity index (χ1n) is 7.27. The quantitative estimate of drug-likeness (QED) is 0.454. The van der Waals surface area contributed by atoms with Crippen LogP contribution in [0.3, 0.4) is 0 Å². The van der Waals surface area contributed by atoms with Gasteiger partial charge in [-0.3, -0.25) is 5.43 Å². The van der Waals surface area contributed by atoms with Crippen molar-refractivity contribution in [3.63, 3.8) is 0 Å². The fourth-order valence-corrected chi connectivity index (χ4v) is 2.87. The van der Waals surface area contributed by atoms with E-state index >= 15 is 0 Å². The third-order valence-electron chi connectivity index (χ3n) is 3.16. The van der Waals surface area contributed by atoms with Gasteiger partial charge in [-0.2, -0.15) is 5.10 Å². The molecule has 0 bridgehead atoms. The highest BCUT2D eigenvalue weighted by Gasteiger charge is 2.03. The molecule has 0 radical (unpaired) electrons. The number of hydrogen-bond donors (Lipinski definition) is 2. The summed E-state index contributed by atoms with van der Waals surface area (Å²) in [5.74, 6) is 1.07. The van der Waals surface area contributed by atoms with Crippen molar-refractivity contribution in [2.75, 3.05) is 11.2 Å². The second-order valence-electron chi connectivity index (χ2n) is 5.05. The highest BCUT2D eigenvalue weighted by Crippen LogP contribution is 2.26. The highest BCUT2D eigenvalue weighted by atomic mass is 35.5. The third-order valence-corrected chi connectivity index (χ3v) is 4.47. The Labute approximate surface area is 159 Å². The molecule has 0 saturated heterocycles. The zero-order valence-electron chi connectivity index (χ0n) is 12.9. The van der Waals surface area contributed by atoms with Crippen LogP contribution in [0.15, 0.2) is 52.9 Å². The van der Waals surface area contributed by atoms with Gasteiger partial charge >= 0.3 is 0 Å². The number of benzene rings is 2. The third kappa shape index (κ3) is 5.09. The number of ether oxygens (including phenoxy) is 1. The van der Waals surface area contributed by atoms with E-state index in [-0.39, 0.29) is 0 Å². The Kier molecular flexibility index (Phi) is 5.75. The Morgan fingerprint density at radius 2 is 2.00 bits per heavy atom. The van der Waals surface area contributed by atoms with E-state index in [2.05, 4.69) is 15.5 Å². The van der Waals surface area contributed by atoms with Crippen LogP contribution in [0, 0.1) is 0 Å². The first-order valence-corrected chi connectivity index (χ1v) is 8.90. The molecule has 0 unspecified atom stereocenters. The summed E-state index contributed by atoms with van der Waals surface area (Å²) in [7, 11) is 0. The standard InChI is InChI=1S/C17H14Cl2N4OS/c18-13-4-1-11(2-5-13)9-24-15-6-3-12(7-14(15)19)8-21-23-17-22-16(20)10-25-17/h1-8,10H,9,20H2,(H,22,23). The van der Waals surface area contributed by atoms with Crippen LogP contribution in [0.2, 0.25) is 10.0 Å². The van der Waals surface area contributed by atoms with Gasteiger partial charge < -0.3 is 10.5 Å². The van der Waals surface area contributed by atoms with E-state index in [4.69, 9.17) is 33.7 Å². The van der Waals surface area contributed by atoms with Crippen LogP contribution in [0.4, 0.5) is 10.9 Å². The first kappa shape index (κ1) is 17.5.